The monoisotopic (exact) mass is 290 g/mol. The van der Waals surface area contributed by atoms with Crippen LogP contribution in [-0.4, -0.2) is 31.1 Å². The van der Waals surface area contributed by atoms with Crippen molar-refractivity contribution >= 4 is 11.8 Å². The molecule has 1 heterocycles. The Bertz CT molecular complexity index is 479. The number of hydrogen-bond acceptors (Lipinski definition) is 3. The number of carbonyl (C=O) groups is 2. The van der Waals surface area contributed by atoms with Gasteiger partial charge in [-0.1, -0.05) is 31.2 Å². The minimum Gasteiger partial charge on any atom is -0.376 e. The molecule has 5 nitrogen and oxygen atoms in total. The number of nitrogens with one attached hydrogen (secondary N) is 2. The zero-order valence-electron chi connectivity index (χ0n) is 12.4. The molecule has 0 saturated carbocycles. The molecule has 0 spiro atoms. The molecular weight excluding hydrogens is 268 g/mol. The third kappa shape index (κ3) is 4.86. The molecular formula is C16H22N2O3. The number of amides is 2. The maximum Gasteiger partial charge on any atom is 0.309 e. The van der Waals surface area contributed by atoms with Crippen LogP contribution in [-0.2, 0) is 27.3 Å². The first-order valence-electron chi connectivity index (χ1n) is 7.44. The van der Waals surface area contributed by atoms with Gasteiger partial charge in [0.1, 0.15) is 0 Å². The molecule has 0 bridgehead atoms. The van der Waals surface area contributed by atoms with E-state index in [1.807, 2.05) is 24.3 Å². The predicted octanol–water partition coefficient (Wildman–Crippen LogP) is 1.16. The van der Waals surface area contributed by atoms with Crippen molar-refractivity contribution in [3.05, 3.63) is 35.4 Å². The van der Waals surface area contributed by atoms with Gasteiger partial charge in [0.15, 0.2) is 0 Å². The third-order valence-electron chi connectivity index (χ3n) is 3.60. The first-order valence-corrected chi connectivity index (χ1v) is 7.44. The molecule has 2 amide bonds. The molecule has 0 aliphatic carbocycles. The van der Waals surface area contributed by atoms with Crippen LogP contribution in [0.15, 0.2) is 24.3 Å². The Morgan fingerprint density at radius 2 is 1.81 bits per heavy atom. The fourth-order valence-corrected chi connectivity index (χ4v) is 2.25. The minimum absolute atomic E-state index is 0.0448. The van der Waals surface area contributed by atoms with Crippen molar-refractivity contribution in [2.24, 2.45) is 0 Å². The van der Waals surface area contributed by atoms with E-state index in [0.29, 0.717) is 13.1 Å². The van der Waals surface area contributed by atoms with Crippen molar-refractivity contribution < 1.29 is 14.3 Å². The number of hydrogen-bond donors (Lipinski definition) is 2. The fraction of sp³-hybridized carbons (Fsp3) is 0.500. The molecule has 21 heavy (non-hydrogen) atoms. The summed E-state index contributed by atoms with van der Waals surface area (Å²) >= 11 is 0. The summed E-state index contributed by atoms with van der Waals surface area (Å²) in [4.78, 5) is 23.3. The predicted molar refractivity (Wildman–Crippen MR) is 79.7 cm³/mol. The molecule has 1 saturated heterocycles. The van der Waals surface area contributed by atoms with Crippen LogP contribution in [0.4, 0.5) is 0 Å². The molecule has 114 valence electrons. The van der Waals surface area contributed by atoms with E-state index in [1.54, 1.807) is 0 Å². The van der Waals surface area contributed by atoms with Gasteiger partial charge >= 0.3 is 11.8 Å². The van der Waals surface area contributed by atoms with Gasteiger partial charge in [-0.05, 0) is 30.4 Å². The van der Waals surface area contributed by atoms with E-state index in [4.69, 9.17) is 4.74 Å². The Morgan fingerprint density at radius 3 is 2.43 bits per heavy atom. The summed E-state index contributed by atoms with van der Waals surface area (Å²) in [6, 6.07) is 7.98. The molecule has 1 aromatic carbocycles. The summed E-state index contributed by atoms with van der Waals surface area (Å²) in [5.74, 6) is -1.21. The van der Waals surface area contributed by atoms with Crippen LogP contribution in [0.1, 0.15) is 30.9 Å². The SMILES string of the molecule is CCc1ccc(CNC(=O)C(=O)NC[C@H]2CCCO2)cc1. The minimum atomic E-state index is -0.604. The van der Waals surface area contributed by atoms with Crippen molar-refractivity contribution in [2.75, 3.05) is 13.2 Å². The quantitative estimate of drug-likeness (QED) is 0.800. The normalized spacial score (nSPS) is 17.5. The van der Waals surface area contributed by atoms with Crippen molar-refractivity contribution in [3.8, 4) is 0 Å². The molecule has 0 radical (unpaired) electrons. The van der Waals surface area contributed by atoms with E-state index in [-0.39, 0.29) is 6.10 Å². The smallest absolute Gasteiger partial charge is 0.309 e. The maximum absolute atomic E-state index is 11.7. The van der Waals surface area contributed by atoms with E-state index in [9.17, 15) is 9.59 Å². The van der Waals surface area contributed by atoms with E-state index < -0.39 is 11.8 Å². The van der Waals surface area contributed by atoms with Crippen molar-refractivity contribution in [1.29, 1.82) is 0 Å². The number of rotatable bonds is 5. The van der Waals surface area contributed by atoms with Gasteiger partial charge in [0.25, 0.3) is 0 Å². The van der Waals surface area contributed by atoms with Crippen molar-refractivity contribution in [1.82, 2.24) is 10.6 Å². The molecule has 2 rings (SSSR count). The standard InChI is InChI=1S/C16H22N2O3/c1-2-12-5-7-13(8-6-12)10-17-15(19)16(20)18-11-14-4-3-9-21-14/h5-8,14H,2-4,9-11H2,1H3,(H,17,19)(H,18,20)/t14-/m1/s1. The Morgan fingerprint density at radius 1 is 1.14 bits per heavy atom. The summed E-state index contributed by atoms with van der Waals surface area (Å²) in [6.07, 6.45) is 2.98. The van der Waals surface area contributed by atoms with Crippen LogP contribution >= 0.6 is 0 Å². The highest BCUT2D eigenvalue weighted by Crippen LogP contribution is 2.10. The Balaban J connectivity index is 1.71. The highest BCUT2D eigenvalue weighted by molar-refractivity contribution is 6.35. The molecule has 1 fully saturated rings. The third-order valence-corrected chi connectivity index (χ3v) is 3.60. The van der Waals surface area contributed by atoms with Crippen molar-refractivity contribution in [2.45, 2.75) is 38.8 Å². The summed E-state index contributed by atoms with van der Waals surface area (Å²) < 4.78 is 5.39. The average Bonchev–Trinajstić information content (AvgIpc) is 3.04. The van der Waals surface area contributed by atoms with E-state index >= 15 is 0 Å². The van der Waals surface area contributed by atoms with Crippen molar-refractivity contribution in [3.63, 3.8) is 0 Å². The summed E-state index contributed by atoms with van der Waals surface area (Å²) in [6.45, 7) is 3.59. The Hall–Kier alpha value is -1.88. The molecule has 1 aliphatic heterocycles. The highest BCUT2D eigenvalue weighted by Gasteiger charge is 2.18. The second-order valence-corrected chi connectivity index (χ2v) is 5.20. The molecule has 0 unspecified atom stereocenters. The summed E-state index contributed by atoms with van der Waals surface area (Å²) in [5, 5.41) is 5.22. The second-order valence-electron chi connectivity index (χ2n) is 5.20. The largest absolute Gasteiger partial charge is 0.376 e. The van der Waals surface area contributed by atoms with Gasteiger partial charge in [-0.3, -0.25) is 9.59 Å². The van der Waals surface area contributed by atoms with Gasteiger partial charge in [0.05, 0.1) is 6.10 Å². The van der Waals surface area contributed by atoms with Crippen LogP contribution in [0.2, 0.25) is 0 Å². The Labute approximate surface area is 125 Å². The van der Waals surface area contributed by atoms with Crippen LogP contribution in [0, 0.1) is 0 Å². The number of carbonyl (C=O) groups excluding carboxylic acids is 2. The highest BCUT2D eigenvalue weighted by atomic mass is 16.5. The molecule has 0 aromatic heterocycles. The van der Waals surface area contributed by atoms with Crippen LogP contribution in [0.3, 0.4) is 0 Å². The number of aryl methyl sites for hydroxylation is 1. The molecule has 5 heteroatoms. The molecule has 2 N–H and O–H groups in total. The van der Waals surface area contributed by atoms with Gasteiger partial charge in [-0.2, -0.15) is 0 Å². The first-order chi connectivity index (χ1) is 10.2. The fourth-order valence-electron chi connectivity index (χ4n) is 2.25. The zero-order valence-corrected chi connectivity index (χ0v) is 12.4. The second kappa shape index (κ2) is 7.78. The van der Waals surface area contributed by atoms with E-state index in [1.165, 1.54) is 5.56 Å². The van der Waals surface area contributed by atoms with Gasteiger partial charge in [0, 0.05) is 19.7 Å². The van der Waals surface area contributed by atoms with Gasteiger partial charge in [-0.25, -0.2) is 0 Å². The summed E-state index contributed by atoms with van der Waals surface area (Å²) in [7, 11) is 0. The molecule has 1 aromatic rings. The Kier molecular flexibility index (Phi) is 5.75. The van der Waals surface area contributed by atoms with Gasteiger partial charge in [0.2, 0.25) is 0 Å². The van der Waals surface area contributed by atoms with Gasteiger partial charge in [-0.15, -0.1) is 0 Å². The lowest BCUT2D eigenvalue weighted by atomic mass is 10.1. The van der Waals surface area contributed by atoms with Crippen LogP contribution < -0.4 is 10.6 Å². The zero-order chi connectivity index (χ0) is 15.1. The topological polar surface area (TPSA) is 67.4 Å². The van der Waals surface area contributed by atoms with E-state index in [2.05, 4.69) is 17.6 Å². The lowest BCUT2D eigenvalue weighted by Crippen LogP contribution is -2.42. The first kappa shape index (κ1) is 15.5. The maximum atomic E-state index is 11.7. The van der Waals surface area contributed by atoms with Gasteiger partial charge < -0.3 is 15.4 Å². The summed E-state index contributed by atoms with van der Waals surface area (Å²) in [5.41, 5.74) is 2.23. The lowest BCUT2D eigenvalue weighted by molar-refractivity contribution is -0.139. The molecule has 1 aliphatic rings. The van der Waals surface area contributed by atoms with Crippen LogP contribution in [0.5, 0.6) is 0 Å². The number of benzene rings is 1. The lowest BCUT2D eigenvalue weighted by Gasteiger charge is -2.10. The number of ether oxygens (including phenoxy) is 1. The van der Waals surface area contributed by atoms with Crippen LogP contribution in [0.25, 0.3) is 0 Å². The average molecular weight is 290 g/mol. The van der Waals surface area contributed by atoms with E-state index in [0.717, 1.165) is 31.4 Å². The molecule has 1 atom stereocenters.